The number of nitro benzene ring substituents is 1. The second-order valence-corrected chi connectivity index (χ2v) is 5.49. The van der Waals surface area contributed by atoms with E-state index in [9.17, 15) is 10.1 Å². The number of nitrogens with two attached hydrogens (primary N) is 1. The highest BCUT2D eigenvalue weighted by atomic mass is 16.6. The van der Waals surface area contributed by atoms with Crippen LogP contribution in [0.5, 0.6) is 0 Å². The van der Waals surface area contributed by atoms with Crippen LogP contribution in [0.1, 0.15) is 18.9 Å². The number of hydrogen-bond donors (Lipinski definition) is 1. The summed E-state index contributed by atoms with van der Waals surface area (Å²) in [6.07, 6.45) is 1.09. The van der Waals surface area contributed by atoms with Crippen molar-refractivity contribution < 1.29 is 4.92 Å². The minimum absolute atomic E-state index is 0.165. The van der Waals surface area contributed by atoms with Crippen molar-refractivity contribution in [3.05, 3.63) is 33.9 Å². The number of nitro groups is 1. The summed E-state index contributed by atoms with van der Waals surface area (Å²) in [6.45, 7) is 6.62. The Hall–Kier alpha value is -1.62. The van der Waals surface area contributed by atoms with Crippen LogP contribution in [0.15, 0.2) is 18.2 Å². The van der Waals surface area contributed by atoms with E-state index in [1.54, 1.807) is 12.1 Å². The zero-order valence-corrected chi connectivity index (χ0v) is 11.5. The number of rotatable bonds is 3. The maximum absolute atomic E-state index is 10.9. The number of hydrogen-bond acceptors (Lipinski definition) is 4. The first-order valence-electron chi connectivity index (χ1n) is 6.72. The minimum atomic E-state index is -0.330. The molecule has 0 spiro atoms. The van der Waals surface area contributed by atoms with Crippen LogP contribution in [0.25, 0.3) is 0 Å². The highest BCUT2D eigenvalue weighted by molar-refractivity contribution is 5.56. The van der Waals surface area contributed by atoms with Crippen LogP contribution in [0.3, 0.4) is 0 Å². The quantitative estimate of drug-likeness (QED) is 0.671. The van der Waals surface area contributed by atoms with Crippen molar-refractivity contribution in [3.63, 3.8) is 0 Å². The summed E-state index contributed by atoms with van der Waals surface area (Å²) in [5.74, 6) is 1.09. The Kier molecular flexibility index (Phi) is 4.04. The van der Waals surface area contributed by atoms with Gasteiger partial charge in [-0.05, 0) is 43.4 Å². The van der Waals surface area contributed by atoms with Crippen molar-refractivity contribution in [2.24, 2.45) is 17.6 Å². The molecule has 2 rings (SSSR count). The van der Waals surface area contributed by atoms with Gasteiger partial charge < -0.3 is 10.6 Å². The zero-order valence-electron chi connectivity index (χ0n) is 11.5. The van der Waals surface area contributed by atoms with Crippen molar-refractivity contribution in [1.82, 2.24) is 0 Å². The van der Waals surface area contributed by atoms with E-state index in [0.717, 1.165) is 30.8 Å². The molecular formula is C14H21N3O2. The SMILES string of the molecule is Cc1cc(N2CCC(C)C(CN)C2)cc([N+](=O)[O-])c1. The highest BCUT2D eigenvalue weighted by Crippen LogP contribution is 2.29. The molecule has 0 bridgehead atoms. The molecule has 1 aliphatic rings. The predicted octanol–water partition coefficient (Wildman–Crippen LogP) is 2.32. The van der Waals surface area contributed by atoms with E-state index in [-0.39, 0.29) is 10.6 Å². The van der Waals surface area contributed by atoms with Crippen LogP contribution in [-0.4, -0.2) is 24.6 Å². The van der Waals surface area contributed by atoms with Crippen LogP contribution in [0.2, 0.25) is 0 Å². The first kappa shape index (κ1) is 13.8. The summed E-state index contributed by atoms with van der Waals surface area (Å²) in [4.78, 5) is 12.8. The van der Waals surface area contributed by atoms with Gasteiger partial charge >= 0.3 is 0 Å². The molecule has 2 N–H and O–H groups in total. The maximum Gasteiger partial charge on any atom is 0.271 e. The third kappa shape index (κ3) is 3.04. The van der Waals surface area contributed by atoms with Gasteiger partial charge in [-0.3, -0.25) is 10.1 Å². The van der Waals surface area contributed by atoms with Crippen LogP contribution < -0.4 is 10.6 Å². The summed E-state index contributed by atoms with van der Waals surface area (Å²) in [5, 5.41) is 10.9. The number of aryl methyl sites for hydroxylation is 1. The topological polar surface area (TPSA) is 72.4 Å². The van der Waals surface area contributed by atoms with Gasteiger partial charge in [-0.15, -0.1) is 0 Å². The second kappa shape index (κ2) is 5.57. The molecule has 1 saturated heterocycles. The molecule has 1 aliphatic heterocycles. The summed E-state index contributed by atoms with van der Waals surface area (Å²) in [7, 11) is 0. The smallest absolute Gasteiger partial charge is 0.271 e. The lowest BCUT2D eigenvalue weighted by Gasteiger charge is -2.38. The Labute approximate surface area is 113 Å². The Morgan fingerprint density at radius 1 is 1.47 bits per heavy atom. The second-order valence-electron chi connectivity index (χ2n) is 5.49. The van der Waals surface area contributed by atoms with E-state index < -0.39 is 0 Å². The fraction of sp³-hybridized carbons (Fsp3) is 0.571. The minimum Gasteiger partial charge on any atom is -0.371 e. The van der Waals surface area contributed by atoms with Gasteiger partial charge in [-0.25, -0.2) is 0 Å². The molecule has 1 aromatic carbocycles. The predicted molar refractivity (Wildman–Crippen MR) is 76.4 cm³/mol. The molecule has 19 heavy (non-hydrogen) atoms. The summed E-state index contributed by atoms with van der Waals surface area (Å²) >= 11 is 0. The van der Waals surface area contributed by atoms with Crippen molar-refractivity contribution in [3.8, 4) is 0 Å². The molecule has 0 aliphatic carbocycles. The number of benzene rings is 1. The van der Waals surface area contributed by atoms with Crippen LogP contribution >= 0.6 is 0 Å². The van der Waals surface area contributed by atoms with E-state index in [0.29, 0.717) is 18.4 Å². The van der Waals surface area contributed by atoms with Crippen LogP contribution in [0.4, 0.5) is 11.4 Å². The normalized spacial score (nSPS) is 23.4. The van der Waals surface area contributed by atoms with E-state index >= 15 is 0 Å². The Bertz CT molecular complexity index is 476. The molecule has 0 saturated carbocycles. The first-order valence-corrected chi connectivity index (χ1v) is 6.72. The molecule has 2 atom stereocenters. The van der Waals surface area contributed by atoms with Crippen molar-refractivity contribution >= 4 is 11.4 Å². The average molecular weight is 263 g/mol. The van der Waals surface area contributed by atoms with Gasteiger partial charge in [0, 0.05) is 30.9 Å². The Morgan fingerprint density at radius 3 is 2.84 bits per heavy atom. The number of anilines is 1. The number of non-ortho nitro benzene ring substituents is 1. The van der Waals surface area contributed by atoms with Gasteiger partial charge in [-0.2, -0.15) is 0 Å². The fourth-order valence-electron chi connectivity index (χ4n) is 2.72. The average Bonchev–Trinajstić information content (AvgIpc) is 2.38. The maximum atomic E-state index is 10.9. The molecule has 0 amide bonds. The summed E-state index contributed by atoms with van der Waals surface area (Å²) in [6, 6.07) is 5.28. The summed E-state index contributed by atoms with van der Waals surface area (Å²) < 4.78 is 0. The molecular weight excluding hydrogens is 242 g/mol. The third-order valence-electron chi connectivity index (χ3n) is 4.04. The lowest BCUT2D eigenvalue weighted by Crippen LogP contribution is -2.42. The molecule has 104 valence electrons. The van der Waals surface area contributed by atoms with Crippen molar-refractivity contribution in [1.29, 1.82) is 0 Å². The molecule has 5 heteroatoms. The van der Waals surface area contributed by atoms with Gasteiger partial charge in [0.25, 0.3) is 5.69 Å². The van der Waals surface area contributed by atoms with Crippen molar-refractivity contribution in [2.75, 3.05) is 24.5 Å². The third-order valence-corrected chi connectivity index (χ3v) is 4.04. The van der Waals surface area contributed by atoms with Gasteiger partial charge in [0.05, 0.1) is 4.92 Å². The largest absolute Gasteiger partial charge is 0.371 e. The molecule has 0 radical (unpaired) electrons. The highest BCUT2D eigenvalue weighted by Gasteiger charge is 2.26. The monoisotopic (exact) mass is 263 g/mol. The molecule has 2 unspecified atom stereocenters. The number of nitrogens with zero attached hydrogens (tertiary/aromatic N) is 2. The standard InChI is InChI=1S/C14H21N3O2/c1-10-5-13(7-14(6-10)17(18)19)16-4-3-11(2)12(8-15)9-16/h5-7,11-12H,3-4,8-9,15H2,1-2H3. The summed E-state index contributed by atoms with van der Waals surface area (Å²) in [5.41, 5.74) is 7.84. The van der Waals surface area contributed by atoms with Gasteiger partial charge in [-0.1, -0.05) is 6.92 Å². The lowest BCUT2D eigenvalue weighted by atomic mass is 9.87. The number of piperidine rings is 1. The first-order chi connectivity index (χ1) is 9.01. The van der Waals surface area contributed by atoms with Crippen LogP contribution in [0, 0.1) is 28.9 Å². The Morgan fingerprint density at radius 2 is 2.21 bits per heavy atom. The van der Waals surface area contributed by atoms with E-state index in [1.165, 1.54) is 0 Å². The molecule has 5 nitrogen and oxygen atoms in total. The van der Waals surface area contributed by atoms with Crippen LogP contribution in [-0.2, 0) is 0 Å². The van der Waals surface area contributed by atoms with Gasteiger partial charge in [0.2, 0.25) is 0 Å². The van der Waals surface area contributed by atoms with E-state index in [1.807, 2.05) is 13.0 Å². The molecule has 0 aromatic heterocycles. The van der Waals surface area contributed by atoms with E-state index in [4.69, 9.17) is 5.73 Å². The van der Waals surface area contributed by atoms with Gasteiger partial charge in [0.1, 0.15) is 0 Å². The fourth-order valence-corrected chi connectivity index (χ4v) is 2.72. The molecule has 1 aromatic rings. The van der Waals surface area contributed by atoms with Gasteiger partial charge in [0.15, 0.2) is 0 Å². The van der Waals surface area contributed by atoms with Crippen molar-refractivity contribution in [2.45, 2.75) is 20.3 Å². The Balaban J connectivity index is 2.24. The zero-order chi connectivity index (χ0) is 14.0. The molecule has 1 fully saturated rings. The lowest BCUT2D eigenvalue weighted by molar-refractivity contribution is -0.384. The van der Waals surface area contributed by atoms with E-state index in [2.05, 4.69) is 11.8 Å². The molecule has 1 heterocycles.